The molecule has 0 unspecified atom stereocenters. The first kappa shape index (κ1) is 15.1. The van der Waals surface area contributed by atoms with Gasteiger partial charge in [-0.1, -0.05) is 39.5 Å². The molecular weight excluding hydrogens is 204 g/mol. The Balaban J connectivity index is 3.16. The Morgan fingerprint density at radius 1 is 0.875 bits per heavy atom. The van der Waals surface area contributed by atoms with E-state index in [1.54, 1.807) is 0 Å². The van der Waals surface area contributed by atoms with E-state index in [2.05, 4.69) is 0 Å². The quantitative estimate of drug-likeness (QED) is 0.583. The molecule has 3 nitrogen and oxygen atoms in total. The number of ketones is 1. The van der Waals surface area contributed by atoms with Crippen LogP contribution in [0.2, 0.25) is 0 Å². The zero-order valence-electron chi connectivity index (χ0n) is 10.5. The summed E-state index contributed by atoms with van der Waals surface area (Å²) in [4.78, 5) is 21.5. The van der Waals surface area contributed by atoms with Gasteiger partial charge in [0.15, 0.2) is 0 Å². The largest absolute Gasteiger partial charge is 0.481 e. The Morgan fingerprint density at radius 2 is 1.31 bits per heavy atom. The molecule has 0 atom stereocenters. The van der Waals surface area contributed by atoms with E-state index in [1.165, 1.54) is 0 Å². The minimum atomic E-state index is -0.706. The van der Waals surface area contributed by atoms with Crippen molar-refractivity contribution in [2.75, 3.05) is 0 Å². The topological polar surface area (TPSA) is 54.4 Å². The lowest BCUT2D eigenvalue weighted by atomic mass is 10.0. The molecule has 0 bridgehead atoms. The minimum absolute atomic E-state index is 0.163. The van der Waals surface area contributed by atoms with Crippen LogP contribution in [-0.2, 0) is 9.59 Å². The number of aliphatic carboxylic acids is 1. The molecule has 16 heavy (non-hydrogen) atoms. The normalized spacial score (nSPS) is 10.7. The molecule has 0 radical (unpaired) electrons. The Labute approximate surface area is 98.2 Å². The maximum atomic E-state index is 11.3. The van der Waals surface area contributed by atoms with E-state index in [1.807, 2.05) is 13.8 Å². The number of rotatable bonds is 10. The molecule has 0 aromatic heterocycles. The number of carbonyl (C=O) groups is 2. The van der Waals surface area contributed by atoms with E-state index in [0.717, 1.165) is 38.5 Å². The van der Waals surface area contributed by atoms with Crippen LogP contribution >= 0.6 is 0 Å². The molecule has 0 heterocycles. The first-order valence-electron chi connectivity index (χ1n) is 6.28. The fraction of sp³-hybridized carbons (Fsp3) is 0.846. The standard InChI is InChI=1S/C13H24O3/c1-11(2)12(14)9-7-5-3-4-6-8-10-13(15)16/h11H,3-10H2,1-2H3,(H,15,16). The van der Waals surface area contributed by atoms with Crippen LogP contribution < -0.4 is 0 Å². The van der Waals surface area contributed by atoms with Crippen LogP contribution in [0.1, 0.15) is 65.2 Å². The number of carboxylic acid groups (broad SMARTS) is 1. The van der Waals surface area contributed by atoms with Gasteiger partial charge in [0.25, 0.3) is 0 Å². The third kappa shape index (κ3) is 9.69. The summed E-state index contributed by atoms with van der Waals surface area (Å²) in [6.07, 6.45) is 7.03. The third-order valence-corrected chi connectivity index (χ3v) is 2.71. The fourth-order valence-electron chi connectivity index (χ4n) is 1.57. The molecule has 0 aromatic carbocycles. The summed E-state index contributed by atoms with van der Waals surface area (Å²) in [7, 11) is 0. The summed E-state index contributed by atoms with van der Waals surface area (Å²) < 4.78 is 0. The van der Waals surface area contributed by atoms with Crippen molar-refractivity contribution in [1.29, 1.82) is 0 Å². The first-order chi connectivity index (χ1) is 7.54. The van der Waals surface area contributed by atoms with Gasteiger partial charge < -0.3 is 5.11 Å². The zero-order chi connectivity index (χ0) is 12.4. The number of unbranched alkanes of at least 4 members (excludes halogenated alkanes) is 5. The van der Waals surface area contributed by atoms with Crippen molar-refractivity contribution in [2.24, 2.45) is 5.92 Å². The van der Waals surface area contributed by atoms with Crippen LogP contribution in [0.4, 0.5) is 0 Å². The summed E-state index contributed by atoms with van der Waals surface area (Å²) in [5.41, 5.74) is 0. The van der Waals surface area contributed by atoms with E-state index in [9.17, 15) is 9.59 Å². The number of carboxylic acids is 1. The highest BCUT2D eigenvalue weighted by Gasteiger charge is 2.05. The number of carbonyl (C=O) groups excluding carboxylic acids is 1. The van der Waals surface area contributed by atoms with Crippen LogP contribution in [-0.4, -0.2) is 16.9 Å². The summed E-state index contributed by atoms with van der Waals surface area (Å²) >= 11 is 0. The molecule has 0 rings (SSSR count). The van der Waals surface area contributed by atoms with Gasteiger partial charge in [0.05, 0.1) is 0 Å². The van der Waals surface area contributed by atoms with Gasteiger partial charge in [-0.2, -0.15) is 0 Å². The third-order valence-electron chi connectivity index (χ3n) is 2.71. The molecule has 0 aliphatic heterocycles. The Hall–Kier alpha value is -0.860. The Morgan fingerprint density at radius 3 is 1.75 bits per heavy atom. The summed E-state index contributed by atoms with van der Waals surface area (Å²) in [5, 5.41) is 8.43. The van der Waals surface area contributed by atoms with Crippen molar-refractivity contribution < 1.29 is 14.7 Å². The average Bonchev–Trinajstić information content (AvgIpc) is 2.21. The molecule has 0 aliphatic rings. The second-order valence-corrected chi connectivity index (χ2v) is 4.64. The van der Waals surface area contributed by atoms with Crippen molar-refractivity contribution in [1.82, 2.24) is 0 Å². The van der Waals surface area contributed by atoms with E-state index in [-0.39, 0.29) is 12.3 Å². The van der Waals surface area contributed by atoms with E-state index in [0.29, 0.717) is 12.2 Å². The molecule has 0 aromatic rings. The van der Waals surface area contributed by atoms with Gasteiger partial charge in [-0.15, -0.1) is 0 Å². The van der Waals surface area contributed by atoms with Gasteiger partial charge in [-0.3, -0.25) is 9.59 Å². The summed E-state index contributed by atoms with van der Waals surface area (Å²) in [6, 6.07) is 0. The van der Waals surface area contributed by atoms with Crippen molar-refractivity contribution in [2.45, 2.75) is 65.2 Å². The zero-order valence-corrected chi connectivity index (χ0v) is 10.5. The molecule has 0 aliphatic carbocycles. The van der Waals surface area contributed by atoms with Gasteiger partial charge in [0.2, 0.25) is 0 Å². The van der Waals surface area contributed by atoms with Gasteiger partial charge in [-0.25, -0.2) is 0 Å². The summed E-state index contributed by atoms with van der Waals surface area (Å²) in [5.74, 6) is -0.191. The second-order valence-electron chi connectivity index (χ2n) is 4.64. The van der Waals surface area contributed by atoms with Crippen LogP contribution in [0.3, 0.4) is 0 Å². The maximum Gasteiger partial charge on any atom is 0.303 e. The number of hydrogen-bond acceptors (Lipinski definition) is 2. The van der Waals surface area contributed by atoms with Gasteiger partial charge in [-0.05, 0) is 12.8 Å². The van der Waals surface area contributed by atoms with Gasteiger partial charge >= 0.3 is 5.97 Å². The van der Waals surface area contributed by atoms with Gasteiger partial charge in [0, 0.05) is 18.8 Å². The molecule has 0 spiro atoms. The van der Waals surface area contributed by atoms with Crippen LogP contribution in [0.25, 0.3) is 0 Å². The minimum Gasteiger partial charge on any atom is -0.481 e. The maximum absolute atomic E-state index is 11.3. The smallest absolute Gasteiger partial charge is 0.303 e. The monoisotopic (exact) mass is 228 g/mol. The van der Waals surface area contributed by atoms with Crippen LogP contribution in [0.15, 0.2) is 0 Å². The van der Waals surface area contributed by atoms with E-state index < -0.39 is 5.97 Å². The number of hydrogen-bond donors (Lipinski definition) is 1. The van der Waals surface area contributed by atoms with Gasteiger partial charge in [0.1, 0.15) is 5.78 Å². The van der Waals surface area contributed by atoms with Crippen LogP contribution in [0, 0.1) is 5.92 Å². The van der Waals surface area contributed by atoms with E-state index in [4.69, 9.17) is 5.11 Å². The lowest BCUT2D eigenvalue weighted by molar-refractivity contribution is -0.137. The molecule has 0 saturated heterocycles. The van der Waals surface area contributed by atoms with Crippen molar-refractivity contribution in [3.05, 3.63) is 0 Å². The highest BCUT2D eigenvalue weighted by atomic mass is 16.4. The lowest BCUT2D eigenvalue weighted by Crippen LogP contribution is -2.05. The Bertz CT molecular complexity index is 209. The second kappa shape index (κ2) is 9.37. The summed E-state index contributed by atoms with van der Waals surface area (Å²) in [6.45, 7) is 3.88. The van der Waals surface area contributed by atoms with Crippen LogP contribution in [0.5, 0.6) is 0 Å². The number of Topliss-reactive ketones (excluding diaryl/α,β-unsaturated/α-hetero) is 1. The predicted octanol–water partition coefficient (Wildman–Crippen LogP) is 3.42. The molecule has 3 heteroatoms. The van der Waals surface area contributed by atoms with Crippen molar-refractivity contribution in [3.63, 3.8) is 0 Å². The first-order valence-corrected chi connectivity index (χ1v) is 6.28. The van der Waals surface area contributed by atoms with E-state index >= 15 is 0 Å². The average molecular weight is 228 g/mol. The lowest BCUT2D eigenvalue weighted by Gasteiger charge is -2.03. The fourth-order valence-corrected chi connectivity index (χ4v) is 1.57. The van der Waals surface area contributed by atoms with Crippen molar-refractivity contribution >= 4 is 11.8 Å². The predicted molar refractivity (Wildman–Crippen MR) is 64.4 cm³/mol. The molecule has 0 amide bonds. The SMILES string of the molecule is CC(C)C(=O)CCCCCCCCC(=O)O. The highest BCUT2D eigenvalue weighted by Crippen LogP contribution is 2.10. The Kier molecular flexibility index (Phi) is 8.87. The molecule has 1 N–H and O–H groups in total. The molecular formula is C13H24O3. The molecule has 0 fully saturated rings. The van der Waals surface area contributed by atoms with Crippen molar-refractivity contribution in [3.8, 4) is 0 Å². The highest BCUT2D eigenvalue weighted by molar-refractivity contribution is 5.80. The molecule has 0 saturated carbocycles. The molecule has 94 valence electrons.